The maximum Gasteiger partial charge on any atom is 0.227 e. The van der Waals surface area contributed by atoms with Gasteiger partial charge in [-0.25, -0.2) is 8.78 Å². The van der Waals surface area contributed by atoms with E-state index in [0.29, 0.717) is 17.1 Å². The zero-order valence-corrected chi connectivity index (χ0v) is 22.0. The lowest BCUT2D eigenvalue weighted by molar-refractivity contribution is -0.129. The zero-order valence-electron chi connectivity index (χ0n) is 20.4. The number of thioether (sulfide) groups is 1. The van der Waals surface area contributed by atoms with Crippen molar-refractivity contribution in [3.63, 3.8) is 0 Å². The third kappa shape index (κ3) is 5.62. The number of amides is 1. The van der Waals surface area contributed by atoms with Crippen molar-refractivity contribution in [2.24, 2.45) is 11.8 Å². The molecule has 0 spiro atoms. The van der Waals surface area contributed by atoms with Gasteiger partial charge in [-0.2, -0.15) is 0 Å². The molecule has 2 saturated carbocycles. The molecule has 2 aromatic rings. The van der Waals surface area contributed by atoms with E-state index in [4.69, 9.17) is 11.6 Å². The number of hydrogen-bond acceptors (Lipinski definition) is 4. The summed E-state index contributed by atoms with van der Waals surface area (Å²) in [5.74, 6) is -0.366. The summed E-state index contributed by atoms with van der Waals surface area (Å²) in [5, 5.41) is 10.6. The SMILES string of the molecule is O=C(NC1CCCCC1)C(C1CCCCC1)C1(CSc2ccc(F)cc2)Nc2cc(F)c(Cl)cc2N1. The monoisotopic (exact) mass is 533 g/mol. The summed E-state index contributed by atoms with van der Waals surface area (Å²) in [6.45, 7) is 0. The van der Waals surface area contributed by atoms with Crippen LogP contribution in [0.4, 0.5) is 20.2 Å². The van der Waals surface area contributed by atoms with Crippen LogP contribution in [0, 0.1) is 23.5 Å². The number of benzene rings is 2. The third-order valence-corrected chi connectivity index (χ3v) is 9.44. The lowest BCUT2D eigenvalue weighted by Gasteiger charge is -2.43. The normalized spacial score (nSPS) is 23.4. The molecule has 1 aliphatic heterocycles. The average molecular weight is 534 g/mol. The lowest BCUT2D eigenvalue weighted by atomic mass is 9.73. The molecular formula is C28H34ClF2N3OS. The Hall–Kier alpha value is -1.99. The molecule has 2 fully saturated rings. The summed E-state index contributed by atoms with van der Waals surface area (Å²) >= 11 is 7.69. The van der Waals surface area contributed by atoms with E-state index in [1.54, 1.807) is 30.0 Å². The molecule has 3 N–H and O–H groups in total. The van der Waals surface area contributed by atoms with E-state index in [0.717, 1.165) is 56.3 Å². The molecule has 0 aromatic heterocycles. The molecule has 1 heterocycles. The van der Waals surface area contributed by atoms with Gasteiger partial charge in [0, 0.05) is 22.8 Å². The molecule has 0 radical (unpaired) electrons. The molecule has 4 nitrogen and oxygen atoms in total. The van der Waals surface area contributed by atoms with Crippen LogP contribution in [0.3, 0.4) is 0 Å². The minimum atomic E-state index is -0.834. The van der Waals surface area contributed by atoms with Gasteiger partial charge in [-0.15, -0.1) is 11.8 Å². The first-order chi connectivity index (χ1) is 17.4. The molecular weight excluding hydrogens is 500 g/mol. The van der Waals surface area contributed by atoms with Crippen molar-refractivity contribution in [2.45, 2.75) is 80.8 Å². The van der Waals surface area contributed by atoms with E-state index in [9.17, 15) is 13.6 Å². The smallest absolute Gasteiger partial charge is 0.227 e. The topological polar surface area (TPSA) is 53.2 Å². The fourth-order valence-corrected chi connectivity index (χ4v) is 7.37. The van der Waals surface area contributed by atoms with E-state index < -0.39 is 11.5 Å². The van der Waals surface area contributed by atoms with Gasteiger partial charge in [0.05, 0.1) is 22.3 Å². The van der Waals surface area contributed by atoms with Crippen molar-refractivity contribution in [1.29, 1.82) is 0 Å². The third-order valence-electron chi connectivity index (χ3n) is 7.94. The van der Waals surface area contributed by atoms with Crippen LogP contribution in [0.5, 0.6) is 0 Å². The van der Waals surface area contributed by atoms with Crippen molar-refractivity contribution in [3.8, 4) is 0 Å². The van der Waals surface area contributed by atoms with Crippen LogP contribution in [-0.2, 0) is 4.79 Å². The highest BCUT2D eigenvalue weighted by Crippen LogP contribution is 2.47. The zero-order chi connectivity index (χ0) is 25.1. The van der Waals surface area contributed by atoms with Crippen LogP contribution in [0.1, 0.15) is 64.2 Å². The molecule has 1 amide bonds. The van der Waals surface area contributed by atoms with Crippen LogP contribution in [0.25, 0.3) is 0 Å². The minimum absolute atomic E-state index is 0.0471. The van der Waals surface area contributed by atoms with Crippen molar-refractivity contribution in [2.75, 3.05) is 16.4 Å². The number of carbonyl (C=O) groups is 1. The molecule has 2 atom stereocenters. The van der Waals surface area contributed by atoms with E-state index in [1.165, 1.54) is 31.0 Å². The minimum Gasteiger partial charge on any atom is -0.360 e. The number of hydrogen-bond donors (Lipinski definition) is 3. The summed E-state index contributed by atoms with van der Waals surface area (Å²) < 4.78 is 27.9. The van der Waals surface area contributed by atoms with Crippen LogP contribution in [0.15, 0.2) is 41.3 Å². The predicted molar refractivity (Wildman–Crippen MR) is 144 cm³/mol. The number of nitrogens with one attached hydrogen (secondary N) is 3. The van der Waals surface area contributed by atoms with Crippen molar-refractivity contribution < 1.29 is 13.6 Å². The first kappa shape index (κ1) is 25.7. The Morgan fingerprint density at radius 3 is 2.25 bits per heavy atom. The number of rotatable bonds is 7. The first-order valence-electron chi connectivity index (χ1n) is 13.2. The van der Waals surface area contributed by atoms with Crippen LogP contribution in [0.2, 0.25) is 5.02 Å². The molecule has 2 unspecified atom stereocenters. The second-order valence-corrected chi connectivity index (χ2v) is 12.0. The second kappa shape index (κ2) is 11.2. The molecule has 0 bridgehead atoms. The van der Waals surface area contributed by atoms with Crippen LogP contribution in [-0.4, -0.2) is 23.4 Å². The van der Waals surface area contributed by atoms with Gasteiger partial charge >= 0.3 is 0 Å². The quantitative estimate of drug-likeness (QED) is 0.321. The fraction of sp³-hybridized carbons (Fsp3) is 0.536. The highest BCUT2D eigenvalue weighted by Gasteiger charge is 2.51. The Bertz CT molecular complexity index is 1040. The van der Waals surface area contributed by atoms with Gasteiger partial charge in [-0.1, -0.05) is 50.1 Å². The Kier molecular flexibility index (Phi) is 7.96. The first-order valence-corrected chi connectivity index (χ1v) is 14.5. The van der Waals surface area contributed by atoms with Gasteiger partial charge in [0.1, 0.15) is 17.3 Å². The van der Waals surface area contributed by atoms with Gasteiger partial charge in [-0.05, 0) is 61.9 Å². The standard InChI is InChI=1S/C28H34ClF2N3OS/c29-22-15-24-25(16-23(22)31)34-28(33-24,17-36-21-13-11-19(30)12-14-21)26(18-7-3-1-4-8-18)27(35)32-20-9-5-2-6-10-20/h11-16,18,20,26,33-34H,1-10,17H2,(H,32,35). The van der Waals surface area contributed by atoms with Gasteiger partial charge < -0.3 is 16.0 Å². The maximum absolute atomic E-state index is 14.4. The number of anilines is 2. The Labute approximate surface area is 221 Å². The van der Waals surface area contributed by atoms with Crippen molar-refractivity contribution in [1.82, 2.24) is 5.32 Å². The van der Waals surface area contributed by atoms with E-state index in [-0.39, 0.29) is 34.6 Å². The number of carbonyl (C=O) groups excluding carboxylic acids is 1. The molecule has 5 rings (SSSR count). The Morgan fingerprint density at radius 2 is 1.58 bits per heavy atom. The summed E-state index contributed by atoms with van der Waals surface area (Å²) in [6, 6.07) is 9.61. The highest BCUT2D eigenvalue weighted by molar-refractivity contribution is 7.99. The van der Waals surface area contributed by atoms with E-state index >= 15 is 0 Å². The van der Waals surface area contributed by atoms with Gasteiger partial charge in [0.25, 0.3) is 0 Å². The molecule has 8 heteroatoms. The molecule has 3 aliphatic rings. The predicted octanol–water partition coefficient (Wildman–Crippen LogP) is 7.59. The van der Waals surface area contributed by atoms with Crippen LogP contribution < -0.4 is 16.0 Å². The summed E-state index contributed by atoms with van der Waals surface area (Å²) in [4.78, 5) is 15.0. The van der Waals surface area contributed by atoms with Gasteiger partial charge in [0.2, 0.25) is 5.91 Å². The largest absolute Gasteiger partial charge is 0.360 e. The Morgan fingerprint density at radius 1 is 0.972 bits per heavy atom. The van der Waals surface area contributed by atoms with Crippen LogP contribution >= 0.6 is 23.4 Å². The number of halogens is 3. The van der Waals surface area contributed by atoms with Crippen molar-refractivity contribution in [3.05, 3.63) is 53.1 Å². The highest BCUT2D eigenvalue weighted by atomic mass is 35.5. The Balaban J connectivity index is 1.49. The molecule has 36 heavy (non-hydrogen) atoms. The van der Waals surface area contributed by atoms with E-state index in [1.807, 2.05) is 0 Å². The molecule has 2 aromatic carbocycles. The van der Waals surface area contributed by atoms with Gasteiger partial charge in [0.15, 0.2) is 0 Å². The fourth-order valence-electron chi connectivity index (χ4n) is 6.16. The average Bonchev–Trinajstić information content (AvgIpc) is 3.23. The second-order valence-electron chi connectivity index (χ2n) is 10.5. The molecule has 2 aliphatic carbocycles. The molecule has 0 saturated heterocycles. The maximum atomic E-state index is 14.4. The van der Waals surface area contributed by atoms with Crippen molar-refractivity contribution >= 4 is 40.6 Å². The summed E-state index contributed by atoms with van der Waals surface area (Å²) in [7, 11) is 0. The molecule has 194 valence electrons. The summed E-state index contributed by atoms with van der Waals surface area (Å²) in [5.41, 5.74) is 0.481. The van der Waals surface area contributed by atoms with E-state index in [2.05, 4.69) is 16.0 Å². The number of fused-ring (bicyclic) bond motifs is 1. The van der Waals surface area contributed by atoms with Gasteiger partial charge in [-0.3, -0.25) is 4.79 Å². The lowest BCUT2D eigenvalue weighted by Crippen LogP contribution is -2.60. The summed E-state index contributed by atoms with van der Waals surface area (Å²) in [6.07, 6.45) is 10.9.